The summed E-state index contributed by atoms with van der Waals surface area (Å²) < 4.78 is 0. The average molecular weight is 758 g/mol. The molecule has 19 N–H and O–H groups in total. The van der Waals surface area contributed by atoms with Crippen LogP contribution in [0.5, 0.6) is 0 Å². The van der Waals surface area contributed by atoms with E-state index < -0.39 is 71.8 Å². The van der Waals surface area contributed by atoms with Crippen molar-refractivity contribution in [1.29, 1.82) is 0 Å². The van der Waals surface area contributed by atoms with Crippen molar-refractivity contribution >= 4 is 66.0 Å². The van der Waals surface area contributed by atoms with Gasteiger partial charge < -0.3 is 71.4 Å². The number of amides is 5. The first-order chi connectivity index (χ1) is 24.5. The number of nitrogens with two attached hydrogens (primary N) is 7. The summed E-state index contributed by atoms with van der Waals surface area (Å²) in [6.45, 7) is 2.00. The van der Waals surface area contributed by atoms with Gasteiger partial charge in [0.15, 0.2) is 17.9 Å². The molecule has 0 radical (unpaired) electrons. The van der Waals surface area contributed by atoms with Crippen molar-refractivity contribution in [3.05, 3.63) is 0 Å². The lowest BCUT2D eigenvalue weighted by Crippen LogP contribution is -2.58. The molecule has 0 bridgehead atoms. The molecule has 1 saturated heterocycles. The van der Waals surface area contributed by atoms with E-state index in [4.69, 9.17) is 40.1 Å². The van der Waals surface area contributed by atoms with E-state index in [1.165, 1.54) is 11.8 Å². The first-order valence-corrected chi connectivity index (χ1v) is 17.4. The molecule has 0 aromatic rings. The van der Waals surface area contributed by atoms with Gasteiger partial charge in [0, 0.05) is 31.9 Å². The number of rotatable bonds is 23. The molecule has 1 heterocycles. The first kappa shape index (κ1) is 45.0. The smallest absolute Gasteiger partial charge is 0.326 e. The Morgan fingerprint density at radius 2 is 1.21 bits per heavy atom. The fourth-order valence-corrected chi connectivity index (χ4v) is 5.27. The van der Waals surface area contributed by atoms with Crippen molar-refractivity contribution in [2.45, 2.75) is 94.5 Å². The number of hydrogen-bond acceptors (Lipinski definition) is 11. The Morgan fingerprint density at radius 3 is 1.69 bits per heavy atom. The summed E-state index contributed by atoms with van der Waals surface area (Å²) in [7, 11) is 0. The number of aliphatic imine (C=N–C) groups is 3. The van der Waals surface area contributed by atoms with Gasteiger partial charge >= 0.3 is 5.97 Å². The minimum absolute atomic E-state index is 0.00197. The first-order valence-electron chi connectivity index (χ1n) is 16.8. The molecule has 0 aromatic heterocycles. The number of nitrogens with zero attached hydrogens (tertiary/aromatic N) is 4. The van der Waals surface area contributed by atoms with Gasteiger partial charge in [-0.05, 0) is 58.3 Å². The van der Waals surface area contributed by atoms with Gasteiger partial charge in [-0.25, -0.2) is 4.79 Å². The predicted molar refractivity (Wildman–Crippen MR) is 197 cm³/mol. The number of guanidine groups is 3. The molecular weight excluding hydrogens is 702 g/mol. The standard InChI is InChI=1S/C29H55N15O7S/c1-15(40-22(46)16(30)14-52)21(45)42-18(7-3-11-38-28(33)34)25(49)44-13-5-9-20(44)24(48)41-17(6-2-10-37-27(31)32)23(47)43-19(26(50)51)8-4-12-39-29(35)36/h15-20,52H,2-14,30H2,1H3,(H,40,46)(H,41,48)(H,42,45)(H,43,47)(H,50,51)(H4,31,32,37)(H4,33,34,38)(H4,35,36,39)/t15-,16-,17-,18-,19-,20-/m0/s1. The molecule has 5 amide bonds. The van der Waals surface area contributed by atoms with Gasteiger partial charge in [-0.15, -0.1) is 0 Å². The molecule has 0 aliphatic carbocycles. The van der Waals surface area contributed by atoms with E-state index in [0.29, 0.717) is 6.42 Å². The van der Waals surface area contributed by atoms with Crippen LogP contribution in [0.15, 0.2) is 15.0 Å². The molecule has 1 aliphatic rings. The molecule has 0 unspecified atom stereocenters. The van der Waals surface area contributed by atoms with E-state index in [1.54, 1.807) is 0 Å². The van der Waals surface area contributed by atoms with Crippen molar-refractivity contribution in [2.24, 2.45) is 55.1 Å². The number of carboxylic acid groups (broad SMARTS) is 1. The Labute approximate surface area is 307 Å². The predicted octanol–water partition coefficient (Wildman–Crippen LogP) is -5.56. The van der Waals surface area contributed by atoms with Crippen molar-refractivity contribution in [1.82, 2.24) is 26.2 Å². The van der Waals surface area contributed by atoms with Crippen LogP contribution < -0.4 is 61.4 Å². The Kier molecular flexibility index (Phi) is 20.3. The van der Waals surface area contributed by atoms with Gasteiger partial charge in [0.05, 0.1) is 6.04 Å². The fourth-order valence-electron chi connectivity index (χ4n) is 5.10. The van der Waals surface area contributed by atoms with Crippen LogP contribution in [0.3, 0.4) is 0 Å². The molecule has 6 atom stereocenters. The SMILES string of the molecule is C[C@H](NC(=O)[C@@H](N)CS)C(=O)N[C@@H](CCCN=C(N)N)C(=O)N1CCC[C@H]1C(=O)N[C@@H](CCCN=C(N)N)C(=O)N[C@@H](CCCN=C(N)N)C(=O)O. The maximum atomic E-state index is 13.9. The summed E-state index contributed by atoms with van der Waals surface area (Å²) in [5.41, 5.74) is 37.9. The summed E-state index contributed by atoms with van der Waals surface area (Å²) in [6, 6.07) is -6.72. The summed E-state index contributed by atoms with van der Waals surface area (Å²) in [5, 5.41) is 19.9. The zero-order chi connectivity index (χ0) is 39.4. The van der Waals surface area contributed by atoms with E-state index in [1.807, 2.05) is 0 Å². The number of hydrogen-bond donors (Lipinski definition) is 13. The van der Waals surface area contributed by atoms with Crippen LogP contribution in [0.25, 0.3) is 0 Å². The van der Waals surface area contributed by atoms with Crippen molar-refractivity contribution in [3.8, 4) is 0 Å². The Balaban J connectivity index is 3.20. The normalized spacial score (nSPS) is 16.5. The highest BCUT2D eigenvalue weighted by atomic mass is 32.1. The number of aliphatic carboxylic acids is 1. The van der Waals surface area contributed by atoms with Crippen molar-refractivity contribution in [2.75, 3.05) is 31.9 Å². The molecule has 1 rings (SSSR count). The molecule has 1 aliphatic heterocycles. The van der Waals surface area contributed by atoms with Crippen molar-refractivity contribution < 1.29 is 33.9 Å². The highest BCUT2D eigenvalue weighted by molar-refractivity contribution is 7.80. The van der Waals surface area contributed by atoms with Crippen LogP contribution in [0.1, 0.15) is 58.3 Å². The second kappa shape index (κ2) is 23.4. The Bertz CT molecular complexity index is 1320. The van der Waals surface area contributed by atoms with Crippen LogP contribution in [0, 0.1) is 0 Å². The third kappa shape index (κ3) is 16.8. The van der Waals surface area contributed by atoms with Crippen LogP contribution in [-0.2, 0) is 28.8 Å². The van der Waals surface area contributed by atoms with Gasteiger partial charge in [0.2, 0.25) is 29.5 Å². The molecule has 22 nitrogen and oxygen atoms in total. The van der Waals surface area contributed by atoms with Crippen molar-refractivity contribution in [3.63, 3.8) is 0 Å². The summed E-state index contributed by atoms with van der Waals surface area (Å²) >= 11 is 3.98. The third-order valence-corrected chi connectivity index (χ3v) is 8.22. The average Bonchev–Trinajstić information content (AvgIpc) is 3.57. The number of carbonyl (C=O) groups excluding carboxylic acids is 5. The highest BCUT2D eigenvalue weighted by Crippen LogP contribution is 2.20. The number of nitrogens with one attached hydrogen (secondary N) is 4. The van der Waals surface area contributed by atoms with Gasteiger partial charge in [-0.3, -0.25) is 38.9 Å². The van der Waals surface area contributed by atoms with E-state index in [0.717, 1.165) is 0 Å². The molecule has 52 heavy (non-hydrogen) atoms. The third-order valence-electron chi connectivity index (χ3n) is 7.82. The number of thiol groups is 1. The number of likely N-dealkylation sites (tertiary alicyclic amines) is 1. The molecular formula is C29H55N15O7S. The summed E-state index contributed by atoms with van der Waals surface area (Å²) in [5.74, 6) is -5.06. The highest BCUT2D eigenvalue weighted by Gasteiger charge is 2.39. The minimum atomic E-state index is -1.31. The zero-order valence-electron chi connectivity index (χ0n) is 29.3. The van der Waals surface area contributed by atoms with Gasteiger partial charge in [-0.2, -0.15) is 12.6 Å². The lowest BCUT2D eigenvalue weighted by atomic mass is 10.1. The number of carboxylic acids is 1. The fraction of sp³-hybridized carbons (Fsp3) is 0.690. The monoisotopic (exact) mass is 757 g/mol. The van der Waals surface area contributed by atoms with Gasteiger partial charge in [-0.1, -0.05) is 0 Å². The largest absolute Gasteiger partial charge is 0.480 e. The Hall–Kier alpha value is -5.06. The van der Waals surface area contributed by atoms with Crippen LogP contribution in [0.4, 0.5) is 0 Å². The quantitative estimate of drug-likeness (QED) is 0.0200. The zero-order valence-corrected chi connectivity index (χ0v) is 30.2. The van der Waals surface area contributed by atoms with E-state index in [2.05, 4.69) is 48.9 Å². The Morgan fingerprint density at radius 1 is 0.731 bits per heavy atom. The molecule has 0 aromatic carbocycles. The minimum Gasteiger partial charge on any atom is -0.480 e. The molecule has 23 heteroatoms. The summed E-state index contributed by atoms with van der Waals surface area (Å²) in [6.07, 6.45) is 1.54. The number of carbonyl (C=O) groups is 6. The molecule has 294 valence electrons. The van der Waals surface area contributed by atoms with Crippen LogP contribution in [0.2, 0.25) is 0 Å². The van der Waals surface area contributed by atoms with E-state index in [-0.39, 0.29) is 94.8 Å². The molecule has 0 saturated carbocycles. The second-order valence-electron chi connectivity index (χ2n) is 12.1. The summed E-state index contributed by atoms with van der Waals surface area (Å²) in [4.78, 5) is 91.1. The van der Waals surface area contributed by atoms with E-state index in [9.17, 15) is 33.9 Å². The molecule has 1 fully saturated rings. The topological polar surface area (TPSA) is 393 Å². The van der Waals surface area contributed by atoms with Gasteiger partial charge in [0.25, 0.3) is 0 Å². The van der Waals surface area contributed by atoms with Crippen LogP contribution >= 0.6 is 12.6 Å². The lowest BCUT2D eigenvalue weighted by molar-refractivity contribution is -0.144. The molecule has 0 spiro atoms. The maximum Gasteiger partial charge on any atom is 0.326 e. The van der Waals surface area contributed by atoms with Gasteiger partial charge in [0.1, 0.15) is 30.2 Å². The van der Waals surface area contributed by atoms with Crippen LogP contribution in [-0.4, -0.2) is 132 Å². The van der Waals surface area contributed by atoms with E-state index >= 15 is 0 Å². The second-order valence-corrected chi connectivity index (χ2v) is 12.4. The lowest BCUT2D eigenvalue weighted by Gasteiger charge is -2.30. The maximum absolute atomic E-state index is 13.9.